The van der Waals surface area contributed by atoms with Gasteiger partial charge in [0.25, 0.3) is 5.91 Å². The first-order valence-corrected chi connectivity index (χ1v) is 7.41. The third-order valence-corrected chi connectivity index (χ3v) is 3.65. The molecule has 0 radical (unpaired) electrons. The van der Waals surface area contributed by atoms with E-state index in [9.17, 15) is 22.4 Å². The molecule has 0 spiro atoms. The average Bonchev–Trinajstić information content (AvgIpc) is 2.98. The lowest BCUT2D eigenvalue weighted by molar-refractivity contribution is -0.137. The quantitative estimate of drug-likeness (QED) is 0.715. The molecule has 0 unspecified atom stereocenters. The number of hydrogen-bond donors (Lipinski definition) is 1. The fraction of sp³-hybridized carbons (Fsp3) is 0.118. The minimum absolute atomic E-state index is 0.149. The molecule has 26 heavy (non-hydrogen) atoms. The molecule has 1 amide bonds. The normalized spacial score (nSPS) is 11.4. The van der Waals surface area contributed by atoms with Crippen molar-refractivity contribution in [1.82, 2.24) is 14.8 Å². The van der Waals surface area contributed by atoms with Gasteiger partial charge in [-0.2, -0.15) is 18.3 Å². The Balaban J connectivity index is 1.83. The van der Waals surface area contributed by atoms with E-state index in [-0.39, 0.29) is 11.4 Å². The molecule has 0 bridgehead atoms. The summed E-state index contributed by atoms with van der Waals surface area (Å²) in [6.45, 7) is 1.59. The molecule has 0 aliphatic carbocycles. The number of halogens is 4. The molecule has 3 aromatic rings. The lowest BCUT2D eigenvalue weighted by atomic mass is 10.2. The van der Waals surface area contributed by atoms with Crippen LogP contribution in [-0.2, 0) is 6.18 Å². The number of pyridine rings is 1. The van der Waals surface area contributed by atoms with Gasteiger partial charge in [0.05, 0.1) is 23.0 Å². The van der Waals surface area contributed by atoms with Gasteiger partial charge in [-0.15, -0.1) is 0 Å². The Bertz CT molecular complexity index is 931. The summed E-state index contributed by atoms with van der Waals surface area (Å²) in [5.41, 5.74) is 0.143. The molecule has 1 N–H and O–H groups in total. The maximum atomic E-state index is 12.9. The summed E-state index contributed by atoms with van der Waals surface area (Å²) in [6, 6.07) is 7.29. The monoisotopic (exact) mass is 364 g/mol. The third kappa shape index (κ3) is 3.56. The number of amides is 1. The molecule has 0 aliphatic rings. The molecule has 134 valence electrons. The standard InChI is InChI=1S/C17H12F4N4O/c1-10-14(16(26)24-13-5-3-12(18)4-6-13)9-23-25(10)15-7-2-11(8-22-15)17(19,20)21/h2-9H,1H3,(H,24,26). The SMILES string of the molecule is Cc1c(C(=O)Nc2ccc(F)cc2)cnn1-c1ccc(C(F)(F)F)cn1. The van der Waals surface area contributed by atoms with Gasteiger partial charge in [-0.1, -0.05) is 0 Å². The van der Waals surface area contributed by atoms with Crippen molar-refractivity contribution in [3.8, 4) is 5.82 Å². The van der Waals surface area contributed by atoms with Crippen LogP contribution < -0.4 is 5.32 Å². The number of carbonyl (C=O) groups excluding carboxylic acids is 1. The summed E-state index contributed by atoms with van der Waals surface area (Å²) in [4.78, 5) is 16.1. The van der Waals surface area contributed by atoms with E-state index in [1.54, 1.807) is 6.92 Å². The molecule has 5 nitrogen and oxygen atoms in total. The van der Waals surface area contributed by atoms with Crippen LogP contribution in [-0.4, -0.2) is 20.7 Å². The van der Waals surface area contributed by atoms with Gasteiger partial charge in [-0.3, -0.25) is 4.79 Å². The second kappa shape index (κ2) is 6.58. The molecule has 0 saturated carbocycles. The van der Waals surface area contributed by atoms with E-state index in [1.807, 2.05) is 0 Å². The predicted molar refractivity (Wildman–Crippen MR) is 85.5 cm³/mol. The molecule has 2 aromatic heterocycles. The van der Waals surface area contributed by atoms with Crippen LogP contribution in [0.3, 0.4) is 0 Å². The van der Waals surface area contributed by atoms with Gasteiger partial charge in [-0.05, 0) is 43.3 Å². The van der Waals surface area contributed by atoms with Crippen LogP contribution in [0.4, 0.5) is 23.2 Å². The Morgan fingerprint density at radius 1 is 1.08 bits per heavy atom. The molecule has 1 aromatic carbocycles. The summed E-state index contributed by atoms with van der Waals surface area (Å²) in [5.74, 6) is -0.760. The van der Waals surface area contributed by atoms with Crippen molar-refractivity contribution in [1.29, 1.82) is 0 Å². The zero-order chi connectivity index (χ0) is 18.9. The topological polar surface area (TPSA) is 59.8 Å². The van der Waals surface area contributed by atoms with E-state index >= 15 is 0 Å². The maximum Gasteiger partial charge on any atom is 0.417 e. The summed E-state index contributed by atoms with van der Waals surface area (Å²) in [5, 5.41) is 6.60. The number of anilines is 1. The van der Waals surface area contributed by atoms with Gasteiger partial charge in [0.15, 0.2) is 5.82 Å². The van der Waals surface area contributed by atoms with Crippen molar-refractivity contribution in [3.05, 3.63) is 71.4 Å². The highest BCUT2D eigenvalue weighted by atomic mass is 19.4. The second-order valence-corrected chi connectivity index (χ2v) is 5.42. The summed E-state index contributed by atoms with van der Waals surface area (Å²) in [6.07, 6.45) is -2.49. The van der Waals surface area contributed by atoms with E-state index in [0.717, 1.165) is 6.07 Å². The highest BCUT2D eigenvalue weighted by molar-refractivity contribution is 6.04. The van der Waals surface area contributed by atoms with Crippen molar-refractivity contribution in [2.45, 2.75) is 13.1 Å². The first kappa shape index (κ1) is 17.6. The molecule has 2 heterocycles. The lowest BCUT2D eigenvalue weighted by Gasteiger charge is -2.08. The van der Waals surface area contributed by atoms with Gasteiger partial charge < -0.3 is 5.32 Å². The number of rotatable bonds is 3. The fourth-order valence-electron chi connectivity index (χ4n) is 2.27. The Labute approximate surface area is 145 Å². The number of carbonyl (C=O) groups is 1. The van der Waals surface area contributed by atoms with Crippen molar-refractivity contribution in [2.24, 2.45) is 0 Å². The minimum atomic E-state index is -4.48. The zero-order valence-electron chi connectivity index (χ0n) is 13.4. The minimum Gasteiger partial charge on any atom is -0.322 e. The highest BCUT2D eigenvalue weighted by Crippen LogP contribution is 2.28. The van der Waals surface area contributed by atoms with Crippen molar-refractivity contribution in [3.63, 3.8) is 0 Å². The largest absolute Gasteiger partial charge is 0.417 e. The van der Waals surface area contributed by atoms with Crippen LogP contribution in [0.2, 0.25) is 0 Å². The van der Waals surface area contributed by atoms with Gasteiger partial charge in [0.2, 0.25) is 0 Å². The van der Waals surface area contributed by atoms with Gasteiger partial charge in [0.1, 0.15) is 5.82 Å². The Kier molecular flexibility index (Phi) is 4.45. The molecule has 0 aliphatic heterocycles. The zero-order valence-corrected chi connectivity index (χ0v) is 13.4. The first-order chi connectivity index (χ1) is 12.3. The van der Waals surface area contributed by atoms with Gasteiger partial charge in [0, 0.05) is 11.9 Å². The van der Waals surface area contributed by atoms with Crippen LogP contribution >= 0.6 is 0 Å². The fourth-order valence-corrected chi connectivity index (χ4v) is 2.27. The maximum absolute atomic E-state index is 12.9. The Hall–Kier alpha value is -3.23. The molecule has 0 saturated heterocycles. The van der Waals surface area contributed by atoms with Crippen LogP contribution in [0.5, 0.6) is 0 Å². The Morgan fingerprint density at radius 2 is 1.77 bits per heavy atom. The van der Waals surface area contributed by atoms with E-state index < -0.39 is 23.5 Å². The molecule has 0 fully saturated rings. The number of nitrogens with zero attached hydrogens (tertiary/aromatic N) is 3. The van der Waals surface area contributed by atoms with Crippen molar-refractivity contribution >= 4 is 11.6 Å². The van der Waals surface area contributed by atoms with Gasteiger partial charge in [-0.25, -0.2) is 14.1 Å². The van der Waals surface area contributed by atoms with Crippen molar-refractivity contribution in [2.75, 3.05) is 5.32 Å². The molecular weight excluding hydrogens is 352 g/mol. The summed E-state index contributed by atoms with van der Waals surface area (Å²) in [7, 11) is 0. The van der Waals surface area contributed by atoms with E-state index in [4.69, 9.17) is 0 Å². The number of benzene rings is 1. The van der Waals surface area contributed by atoms with E-state index in [0.29, 0.717) is 17.6 Å². The third-order valence-electron chi connectivity index (χ3n) is 3.65. The second-order valence-electron chi connectivity index (χ2n) is 5.42. The number of aromatic nitrogens is 3. The number of hydrogen-bond acceptors (Lipinski definition) is 3. The van der Waals surface area contributed by atoms with Crippen molar-refractivity contribution < 1.29 is 22.4 Å². The molecular formula is C17H12F4N4O. The van der Waals surface area contributed by atoms with E-state index in [1.165, 1.54) is 41.2 Å². The van der Waals surface area contributed by atoms with Crippen LogP contribution in [0, 0.1) is 12.7 Å². The molecule has 3 rings (SSSR count). The average molecular weight is 364 g/mol. The van der Waals surface area contributed by atoms with Crippen LogP contribution in [0.25, 0.3) is 5.82 Å². The first-order valence-electron chi connectivity index (χ1n) is 7.41. The lowest BCUT2D eigenvalue weighted by Crippen LogP contribution is -2.13. The predicted octanol–water partition coefficient (Wildman–Crippen LogP) is 3.99. The summed E-state index contributed by atoms with van der Waals surface area (Å²) < 4.78 is 52.0. The van der Waals surface area contributed by atoms with E-state index in [2.05, 4.69) is 15.4 Å². The highest BCUT2D eigenvalue weighted by Gasteiger charge is 2.30. The molecule has 0 atom stereocenters. The number of alkyl halides is 3. The smallest absolute Gasteiger partial charge is 0.322 e. The van der Waals surface area contributed by atoms with Crippen LogP contribution in [0.1, 0.15) is 21.6 Å². The molecule has 9 heteroatoms. The Morgan fingerprint density at radius 3 is 2.35 bits per heavy atom. The van der Waals surface area contributed by atoms with Gasteiger partial charge >= 0.3 is 6.18 Å². The number of nitrogens with one attached hydrogen (secondary N) is 1. The van der Waals surface area contributed by atoms with Crippen LogP contribution in [0.15, 0.2) is 48.8 Å². The summed E-state index contributed by atoms with van der Waals surface area (Å²) >= 11 is 0.